The van der Waals surface area contributed by atoms with Crippen LogP contribution in [0, 0.1) is 0 Å². The Bertz CT molecular complexity index is 748. The van der Waals surface area contributed by atoms with Crippen molar-refractivity contribution in [1.29, 1.82) is 0 Å². The molecule has 20 heavy (non-hydrogen) atoms. The van der Waals surface area contributed by atoms with E-state index < -0.39 is 0 Å². The molecule has 0 radical (unpaired) electrons. The van der Waals surface area contributed by atoms with Crippen molar-refractivity contribution in [3.8, 4) is 0 Å². The molecule has 2 heterocycles. The summed E-state index contributed by atoms with van der Waals surface area (Å²) < 4.78 is 2.04. The number of amides is 2. The first-order chi connectivity index (χ1) is 9.47. The van der Waals surface area contributed by atoms with Crippen LogP contribution in [0.2, 0.25) is 0 Å². The number of carbonyl (C=O) groups is 2. The largest absolute Gasteiger partial charge is 0.339 e. The van der Waals surface area contributed by atoms with Gasteiger partial charge in [-0.15, -0.1) is 11.8 Å². The standard InChI is InChI=1S/C14H15N3O2S/c1-15(2)17-13(18)8-5-6-10-9(12(8)14(17)19)7-11(20-4)16(10)3/h5-7H,1-4H3. The Balaban J connectivity index is 2.32. The summed E-state index contributed by atoms with van der Waals surface area (Å²) >= 11 is 1.62. The van der Waals surface area contributed by atoms with Crippen LogP contribution in [0.3, 0.4) is 0 Å². The smallest absolute Gasteiger partial charge is 0.277 e. The van der Waals surface area contributed by atoms with Gasteiger partial charge in [-0.1, -0.05) is 0 Å². The van der Waals surface area contributed by atoms with Gasteiger partial charge in [0.15, 0.2) is 0 Å². The van der Waals surface area contributed by atoms with Crippen LogP contribution in [0.1, 0.15) is 20.7 Å². The van der Waals surface area contributed by atoms with Crippen LogP contribution in [0.4, 0.5) is 0 Å². The van der Waals surface area contributed by atoms with Crippen molar-refractivity contribution >= 4 is 34.5 Å². The third-order valence-corrected chi connectivity index (χ3v) is 4.43. The minimum absolute atomic E-state index is 0.251. The SMILES string of the molecule is CSc1cc2c3c(ccc2n1C)C(=O)N(N(C)C)C3=O. The number of carbonyl (C=O) groups excluding carboxylic acids is 2. The maximum absolute atomic E-state index is 12.5. The highest BCUT2D eigenvalue weighted by molar-refractivity contribution is 7.98. The predicted octanol–water partition coefficient (Wildman–Crippen LogP) is 1.97. The van der Waals surface area contributed by atoms with Crippen LogP contribution in [0.5, 0.6) is 0 Å². The first-order valence-corrected chi connectivity index (χ1v) is 7.42. The average Bonchev–Trinajstić information content (AvgIpc) is 2.86. The van der Waals surface area contributed by atoms with Gasteiger partial charge in [0, 0.05) is 32.0 Å². The van der Waals surface area contributed by atoms with Gasteiger partial charge >= 0.3 is 0 Å². The number of thioether (sulfide) groups is 1. The second kappa shape index (κ2) is 4.36. The summed E-state index contributed by atoms with van der Waals surface area (Å²) in [5, 5.41) is 4.61. The fourth-order valence-electron chi connectivity index (χ4n) is 2.67. The van der Waals surface area contributed by atoms with Crippen LogP contribution in [-0.4, -0.2) is 46.8 Å². The van der Waals surface area contributed by atoms with E-state index in [9.17, 15) is 9.59 Å². The van der Waals surface area contributed by atoms with Crippen LogP contribution in [0.25, 0.3) is 10.9 Å². The zero-order valence-corrected chi connectivity index (χ0v) is 12.6. The summed E-state index contributed by atoms with van der Waals surface area (Å²) in [5.74, 6) is -0.509. The Morgan fingerprint density at radius 2 is 1.85 bits per heavy atom. The highest BCUT2D eigenvalue weighted by Gasteiger charge is 2.39. The molecular formula is C14H15N3O2S. The maximum atomic E-state index is 12.5. The molecule has 104 valence electrons. The number of hydrogen-bond donors (Lipinski definition) is 0. The fraction of sp³-hybridized carbons (Fsp3) is 0.286. The highest BCUT2D eigenvalue weighted by Crippen LogP contribution is 2.34. The maximum Gasteiger partial charge on any atom is 0.277 e. The Morgan fingerprint density at radius 3 is 2.45 bits per heavy atom. The summed E-state index contributed by atoms with van der Waals surface area (Å²) in [5.41, 5.74) is 1.96. The summed E-state index contributed by atoms with van der Waals surface area (Å²) in [6, 6.07) is 5.62. The molecule has 5 nitrogen and oxygen atoms in total. The molecule has 1 aliphatic heterocycles. The van der Waals surface area contributed by atoms with E-state index in [1.807, 2.05) is 30.0 Å². The first kappa shape index (κ1) is 13.2. The lowest BCUT2D eigenvalue weighted by Gasteiger charge is -2.20. The molecule has 3 rings (SSSR count). The van der Waals surface area contributed by atoms with Gasteiger partial charge in [0.25, 0.3) is 11.8 Å². The van der Waals surface area contributed by atoms with Gasteiger partial charge in [-0.3, -0.25) is 9.59 Å². The molecule has 1 aromatic heterocycles. The molecule has 2 aromatic rings. The zero-order chi connectivity index (χ0) is 14.6. The zero-order valence-electron chi connectivity index (χ0n) is 11.8. The van der Waals surface area contributed by atoms with Gasteiger partial charge in [0.1, 0.15) is 0 Å². The van der Waals surface area contributed by atoms with Crippen molar-refractivity contribution in [3.63, 3.8) is 0 Å². The second-order valence-electron chi connectivity index (χ2n) is 4.94. The quantitative estimate of drug-likeness (QED) is 0.626. The van der Waals surface area contributed by atoms with Crippen molar-refractivity contribution in [2.45, 2.75) is 5.03 Å². The van der Waals surface area contributed by atoms with Gasteiger partial charge in [-0.25, -0.2) is 10.0 Å². The molecule has 0 atom stereocenters. The van der Waals surface area contributed by atoms with Crippen molar-refractivity contribution in [3.05, 3.63) is 29.3 Å². The Hall–Kier alpha value is -1.79. The molecule has 0 unspecified atom stereocenters. The summed E-state index contributed by atoms with van der Waals surface area (Å²) in [7, 11) is 5.35. The topological polar surface area (TPSA) is 45.6 Å². The number of rotatable bonds is 2. The second-order valence-corrected chi connectivity index (χ2v) is 5.76. The summed E-state index contributed by atoms with van der Waals surface area (Å²) in [4.78, 5) is 24.8. The van der Waals surface area contributed by atoms with E-state index in [1.54, 1.807) is 31.9 Å². The Kier molecular flexibility index (Phi) is 2.88. The molecule has 0 aliphatic carbocycles. The molecule has 0 N–H and O–H groups in total. The van der Waals surface area contributed by atoms with E-state index in [1.165, 1.54) is 10.0 Å². The van der Waals surface area contributed by atoms with Crippen molar-refractivity contribution in [1.82, 2.24) is 14.6 Å². The molecule has 0 bridgehead atoms. The van der Waals surface area contributed by atoms with Crippen molar-refractivity contribution in [2.75, 3.05) is 20.4 Å². The highest BCUT2D eigenvalue weighted by atomic mass is 32.2. The van der Waals surface area contributed by atoms with Gasteiger partial charge in [-0.05, 0) is 24.5 Å². The summed E-state index contributed by atoms with van der Waals surface area (Å²) in [6.07, 6.45) is 1.99. The van der Waals surface area contributed by atoms with Crippen LogP contribution < -0.4 is 0 Å². The molecule has 1 aromatic carbocycles. The third-order valence-electron chi connectivity index (χ3n) is 3.62. The number of nitrogens with zero attached hydrogens (tertiary/aromatic N) is 3. The Morgan fingerprint density at radius 1 is 1.15 bits per heavy atom. The number of aryl methyl sites for hydroxylation is 1. The predicted molar refractivity (Wildman–Crippen MR) is 78.9 cm³/mol. The summed E-state index contributed by atoms with van der Waals surface area (Å²) in [6.45, 7) is 0. The molecule has 0 fully saturated rings. The third kappa shape index (κ3) is 1.55. The fourth-order valence-corrected chi connectivity index (χ4v) is 3.27. The lowest BCUT2D eigenvalue weighted by atomic mass is 10.1. The molecule has 2 amide bonds. The van der Waals surface area contributed by atoms with E-state index in [0.29, 0.717) is 11.1 Å². The van der Waals surface area contributed by atoms with E-state index in [0.717, 1.165) is 15.9 Å². The number of benzene rings is 1. The van der Waals surface area contributed by atoms with E-state index in [-0.39, 0.29) is 11.8 Å². The van der Waals surface area contributed by atoms with E-state index in [2.05, 4.69) is 0 Å². The van der Waals surface area contributed by atoms with Crippen molar-refractivity contribution < 1.29 is 9.59 Å². The normalized spacial score (nSPS) is 14.8. The van der Waals surface area contributed by atoms with E-state index in [4.69, 9.17) is 0 Å². The number of imide groups is 1. The van der Waals surface area contributed by atoms with Gasteiger partial charge in [-0.2, -0.15) is 0 Å². The molecule has 0 saturated carbocycles. The number of aromatic nitrogens is 1. The van der Waals surface area contributed by atoms with Crippen molar-refractivity contribution in [2.24, 2.45) is 7.05 Å². The minimum atomic E-state index is -0.258. The lowest BCUT2D eigenvalue weighted by molar-refractivity contribution is 0.0235. The minimum Gasteiger partial charge on any atom is -0.339 e. The van der Waals surface area contributed by atoms with Gasteiger partial charge < -0.3 is 4.57 Å². The van der Waals surface area contributed by atoms with Crippen LogP contribution in [-0.2, 0) is 7.05 Å². The van der Waals surface area contributed by atoms with E-state index >= 15 is 0 Å². The first-order valence-electron chi connectivity index (χ1n) is 6.19. The van der Waals surface area contributed by atoms with Crippen LogP contribution >= 0.6 is 11.8 Å². The number of hydrogen-bond acceptors (Lipinski definition) is 4. The number of hydrazine groups is 1. The van der Waals surface area contributed by atoms with Crippen LogP contribution in [0.15, 0.2) is 23.2 Å². The van der Waals surface area contributed by atoms with Gasteiger partial charge in [0.05, 0.1) is 16.2 Å². The lowest BCUT2D eigenvalue weighted by Crippen LogP contribution is -2.41. The molecule has 6 heteroatoms. The van der Waals surface area contributed by atoms with Gasteiger partial charge in [0.2, 0.25) is 0 Å². The average molecular weight is 289 g/mol. The Labute approximate surface area is 121 Å². The molecule has 0 spiro atoms. The molecular weight excluding hydrogens is 274 g/mol. The molecule has 1 aliphatic rings. The number of fused-ring (bicyclic) bond motifs is 3. The monoisotopic (exact) mass is 289 g/mol. The molecule has 0 saturated heterocycles.